The fourth-order valence-corrected chi connectivity index (χ4v) is 1.93. The third-order valence-electron chi connectivity index (χ3n) is 3.05. The molecule has 1 atom stereocenters. The number of rotatable bonds is 10. The number of para-hydroxylation sites is 1. The number of ether oxygens (including phenoxy) is 3. The largest absolute Gasteiger partial charge is 0.490 e. The molecule has 8 heteroatoms. The van der Waals surface area contributed by atoms with E-state index >= 15 is 0 Å². The lowest BCUT2D eigenvalue weighted by Gasteiger charge is -2.16. The summed E-state index contributed by atoms with van der Waals surface area (Å²) in [6.07, 6.45) is -0.301. The fourth-order valence-electron chi connectivity index (χ4n) is 1.93. The van der Waals surface area contributed by atoms with Gasteiger partial charge < -0.3 is 25.3 Å². The molecule has 0 saturated carbocycles. The zero-order valence-corrected chi connectivity index (χ0v) is 13.2. The van der Waals surface area contributed by atoms with Gasteiger partial charge >= 0.3 is 6.61 Å². The van der Waals surface area contributed by atoms with Gasteiger partial charge in [-0.15, -0.1) is 0 Å². The van der Waals surface area contributed by atoms with Gasteiger partial charge in [0.2, 0.25) is 5.91 Å². The van der Waals surface area contributed by atoms with Gasteiger partial charge in [0.25, 0.3) is 0 Å². The van der Waals surface area contributed by atoms with E-state index in [2.05, 4.69) is 10.1 Å². The molecule has 0 spiro atoms. The lowest BCUT2D eigenvalue weighted by molar-refractivity contribution is -0.123. The van der Waals surface area contributed by atoms with E-state index in [-0.39, 0.29) is 43.0 Å². The van der Waals surface area contributed by atoms with Gasteiger partial charge in [-0.05, 0) is 13.0 Å². The normalized spacial score (nSPS) is 12.1. The Morgan fingerprint density at radius 3 is 2.70 bits per heavy atom. The van der Waals surface area contributed by atoms with Crippen molar-refractivity contribution in [3.8, 4) is 11.5 Å². The lowest BCUT2D eigenvalue weighted by atomic mass is 10.1. The van der Waals surface area contributed by atoms with Crippen LogP contribution in [0.25, 0.3) is 0 Å². The van der Waals surface area contributed by atoms with Crippen LogP contribution in [0.2, 0.25) is 0 Å². The second kappa shape index (κ2) is 9.96. The van der Waals surface area contributed by atoms with Gasteiger partial charge in [-0.2, -0.15) is 8.78 Å². The molecule has 0 aliphatic carbocycles. The third-order valence-corrected chi connectivity index (χ3v) is 3.05. The number of hydrogen-bond acceptors (Lipinski definition) is 5. The maximum Gasteiger partial charge on any atom is 0.387 e. The van der Waals surface area contributed by atoms with E-state index in [9.17, 15) is 13.6 Å². The fraction of sp³-hybridized carbons (Fsp3) is 0.533. The molecular formula is C15H22F2N2O4. The smallest absolute Gasteiger partial charge is 0.387 e. The molecule has 1 unspecified atom stereocenters. The molecule has 130 valence electrons. The van der Waals surface area contributed by atoms with Crippen molar-refractivity contribution in [1.29, 1.82) is 0 Å². The first kappa shape index (κ1) is 19.1. The summed E-state index contributed by atoms with van der Waals surface area (Å²) in [6, 6.07) is 4.75. The van der Waals surface area contributed by atoms with Gasteiger partial charge in [0.15, 0.2) is 11.5 Å². The first-order chi connectivity index (χ1) is 11.0. The van der Waals surface area contributed by atoms with Crippen LogP contribution in [0.3, 0.4) is 0 Å². The average molecular weight is 332 g/mol. The van der Waals surface area contributed by atoms with E-state index in [0.29, 0.717) is 12.2 Å². The van der Waals surface area contributed by atoms with Crippen molar-refractivity contribution in [3.05, 3.63) is 23.8 Å². The molecule has 1 aromatic carbocycles. The molecular weight excluding hydrogens is 310 g/mol. The number of nitrogens with two attached hydrogens (primary N) is 1. The van der Waals surface area contributed by atoms with Crippen LogP contribution in [0.15, 0.2) is 18.2 Å². The number of benzene rings is 1. The first-order valence-corrected chi connectivity index (χ1v) is 7.20. The van der Waals surface area contributed by atoms with Crippen molar-refractivity contribution >= 4 is 5.91 Å². The van der Waals surface area contributed by atoms with Crippen LogP contribution >= 0.6 is 0 Å². The number of amides is 1. The number of hydrogen-bond donors (Lipinski definition) is 2. The molecule has 0 radical (unpaired) electrons. The zero-order valence-electron chi connectivity index (χ0n) is 13.2. The SMILES string of the molecule is CCOc1cccc(CNC(=O)CC(CN)OC)c1OC(F)F. The van der Waals surface area contributed by atoms with E-state index in [1.165, 1.54) is 13.2 Å². The summed E-state index contributed by atoms with van der Waals surface area (Å²) >= 11 is 0. The van der Waals surface area contributed by atoms with Crippen LogP contribution in [0.1, 0.15) is 18.9 Å². The van der Waals surface area contributed by atoms with Crippen LogP contribution in [0.4, 0.5) is 8.78 Å². The Hall–Kier alpha value is -1.93. The van der Waals surface area contributed by atoms with E-state index in [4.69, 9.17) is 15.2 Å². The van der Waals surface area contributed by atoms with Crippen molar-refractivity contribution in [2.45, 2.75) is 32.6 Å². The molecule has 0 bridgehead atoms. The van der Waals surface area contributed by atoms with Gasteiger partial charge in [0, 0.05) is 25.8 Å². The number of carbonyl (C=O) groups is 1. The molecule has 1 aromatic rings. The lowest BCUT2D eigenvalue weighted by Crippen LogP contribution is -2.32. The van der Waals surface area contributed by atoms with Crippen molar-refractivity contribution in [3.63, 3.8) is 0 Å². The molecule has 3 N–H and O–H groups in total. The second-order valence-corrected chi connectivity index (χ2v) is 4.63. The van der Waals surface area contributed by atoms with Gasteiger partial charge in [0.05, 0.1) is 19.1 Å². The summed E-state index contributed by atoms with van der Waals surface area (Å²) in [4.78, 5) is 11.8. The summed E-state index contributed by atoms with van der Waals surface area (Å²) in [6.45, 7) is -0.701. The Morgan fingerprint density at radius 2 is 2.13 bits per heavy atom. The third kappa shape index (κ3) is 6.37. The minimum absolute atomic E-state index is 0.0306. The van der Waals surface area contributed by atoms with Gasteiger partial charge in [0.1, 0.15) is 0 Å². The number of methoxy groups -OCH3 is 1. The monoisotopic (exact) mass is 332 g/mol. The Labute approximate surface area is 133 Å². The molecule has 0 aliphatic rings. The average Bonchev–Trinajstić information content (AvgIpc) is 2.52. The molecule has 0 heterocycles. The van der Waals surface area contributed by atoms with Gasteiger partial charge in [-0.1, -0.05) is 12.1 Å². The van der Waals surface area contributed by atoms with E-state index in [0.717, 1.165) is 0 Å². The van der Waals surface area contributed by atoms with Gasteiger partial charge in [-0.3, -0.25) is 4.79 Å². The number of nitrogens with one attached hydrogen (secondary N) is 1. The summed E-state index contributed by atoms with van der Waals surface area (Å²) in [5.41, 5.74) is 5.84. The zero-order chi connectivity index (χ0) is 17.2. The van der Waals surface area contributed by atoms with Crippen LogP contribution in [0.5, 0.6) is 11.5 Å². The molecule has 0 aromatic heterocycles. The second-order valence-electron chi connectivity index (χ2n) is 4.63. The molecule has 23 heavy (non-hydrogen) atoms. The summed E-state index contributed by atoms with van der Waals surface area (Å²) < 4.78 is 40.0. The van der Waals surface area contributed by atoms with E-state index in [1.807, 2.05) is 0 Å². The van der Waals surface area contributed by atoms with Gasteiger partial charge in [-0.25, -0.2) is 0 Å². The standard InChI is InChI=1S/C15H22F2N2O4/c1-3-22-12-6-4-5-10(14(12)23-15(16)17)9-19-13(20)7-11(8-18)21-2/h4-6,11,15H,3,7-9,18H2,1-2H3,(H,19,20). The van der Waals surface area contributed by atoms with Crippen LogP contribution < -0.4 is 20.5 Å². The maximum atomic E-state index is 12.6. The highest BCUT2D eigenvalue weighted by Crippen LogP contribution is 2.32. The number of halogens is 2. The van der Waals surface area contributed by atoms with Crippen LogP contribution in [-0.2, 0) is 16.1 Å². The molecule has 1 amide bonds. The summed E-state index contributed by atoms with van der Waals surface area (Å²) in [5.74, 6) is -0.171. The topological polar surface area (TPSA) is 82.8 Å². The minimum Gasteiger partial charge on any atom is -0.490 e. The predicted molar refractivity (Wildman–Crippen MR) is 80.6 cm³/mol. The molecule has 0 saturated heterocycles. The number of carbonyl (C=O) groups excluding carboxylic acids is 1. The van der Waals surface area contributed by atoms with E-state index in [1.54, 1.807) is 19.1 Å². The molecule has 6 nitrogen and oxygen atoms in total. The molecule has 1 rings (SSSR count). The quantitative estimate of drug-likeness (QED) is 0.681. The molecule has 0 fully saturated rings. The highest BCUT2D eigenvalue weighted by Gasteiger charge is 2.17. The van der Waals surface area contributed by atoms with Crippen LogP contribution in [-0.4, -0.2) is 38.9 Å². The summed E-state index contributed by atoms with van der Waals surface area (Å²) in [7, 11) is 1.46. The van der Waals surface area contributed by atoms with Crippen LogP contribution in [0, 0.1) is 0 Å². The molecule has 0 aliphatic heterocycles. The minimum atomic E-state index is -2.99. The van der Waals surface area contributed by atoms with Crippen molar-refractivity contribution in [2.24, 2.45) is 5.73 Å². The Balaban J connectivity index is 2.78. The van der Waals surface area contributed by atoms with Crippen molar-refractivity contribution < 1.29 is 27.8 Å². The highest BCUT2D eigenvalue weighted by molar-refractivity contribution is 5.76. The van der Waals surface area contributed by atoms with E-state index < -0.39 is 6.61 Å². The van der Waals surface area contributed by atoms with Crippen molar-refractivity contribution in [2.75, 3.05) is 20.3 Å². The Kier molecular flexibility index (Phi) is 8.28. The Bertz CT molecular complexity index is 496. The maximum absolute atomic E-state index is 12.6. The number of alkyl halides is 2. The summed E-state index contributed by atoms with van der Waals surface area (Å²) in [5, 5.41) is 2.63. The van der Waals surface area contributed by atoms with Crippen molar-refractivity contribution in [1.82, 2.24) is 5.32 Å². The predicted octanol–water partition coefficient (Wildman–Crippen LogP) is 1.67. The first-order valence-electron chi connectivity index (χ1n) is 7.20. The Morgan fingerprint density at radius 1 is 1.39 bits per heavy atom. The highest BCUT2D eigenvalue weighted by atomic mass is 19.3.